The predicted molar refractivity (Wildman–Crippen MR) is 87.4 cm³/mol. The number of hydrogen-bond acceptors (Lipinski definition) is 3. The Kier molecular flexibility index (Phi) is 4.98. The molecule has 2 rings (SSSR count). The summed E-state index contributed by atoms with van der Waals surface area (Å²) in [4.78, 5) is 0.364. The van der Waals surface area contributed by atoms with Crippen molar-refractivity contribution in [3.05, 3.63) is 58.1 Å². The van der Waals surface area contributed by atoms with Crippen molar-refractivity contribution in [2.45, 2.75) is 6.61 Å². The number of ether oxygens (including phenoxy) is 2. The summed E-state index contributed by atoms with van der Waals surface area (Å²) >= 11 is 8.40. The Balaban J connectivity index is 2.07. The van der Waals surface area contributed by atoms with Gasteiger partial charge in [-0.1, -0.05) is 30.4 Å². The van der Waals surface area contributed by atoms with Gasteiger partial charge in [-0.3, -0.25) is 0 Å². The first kappa shape index (κ1) is 14.8. The summed E-state index contributed by atoms with van der Waals surface area (Å²) in [6.45, 7) is 0.462. The van der Waals surface area contributed by atoms with E-state index in [4.69, 9.17) is 27.4 Å². The molecule has 0 saturated carbocycles. The third-order valence-electron chi connectivity index (χ3n) is 2.74. The van der Waals surface area contributed by atoms with Gasteiger partial charge in [-0.2, -0.15) is 0 Å². The molecule has 0 aliphatic heterocycles. The second kappa shape index (κ2) is 6.72. The SMILES string of the molecule is COc1ccc(COc2cccc(C(N)=S)c2)cc1Br. The Labute approximate surface area is 131 Å². The first-order chi connectivity index (χ1) is 9.60. The van der Waals surface area contributed by atoms with Gasteiger partial charge in [0.2, 0.25) is 0 Å². The van der Waals surface area contributed by atoms with Crippen LogP contribution in [0.1, 0.15) is 11.1 Å². The number of benzene rings is 2. The van der Waals surface area contributed by atoms with Crippen molar-refractivity contribution < 1.29 is 9.47 Å². The van der Waals surface area contributed by atoms with E-state index >= 15 is 0 Å². The van der Waals surface area contributed by atoms with Gasteiger partial charge >= 0.3 is 0 Å². The molecule has 0 amide bonds. The molecule has 0 radical (unpaired) electrons. The summed E-state index contributed by atoms with van der Waals surface area (Å²) in [5.74, 6) is 1.53. The molecule has 0 unspecified atom stereocenters. The van der Waals surface area contributed by atoms with Gasteiger partial charge in [0.15, 0.2) is 0 Å². The Morgan fingerprint density at radius 3 is 2.70 bits per heavy atom. The molecule has 0 bridgehead atoms. The van der Waals surface area contributed by atoms with E-state index in [0.717, 1.165) is 27.1 Å². The van der Waals surface area contributed by atoms with Crippen molar-refractivity contribution in [2.75, 3.05) is 7.11 Å². The first-order valence-electron chi connectivity index (χ1n) is 5.95. The highest BCUT2D eigenvalue weighted by Crippen LogP contribution is 2.26. The van der Waals surface area contributed by atoms with Crippen molar-refractivity contribution in [3.8, 4) is 11.5 Å². The fourth-order valence-corrected chi connectivity index (χ4v) is 2.42. The zero-order chi connectivity index (χ0) is 14.5. The van der Waals surface area contributed by atoms with E-state index in [1.54, 1.807) is 7.11 Å². The Morgan fingerprint density at radius 2 is 2.05 bits per heavy atom. The van der Waals surface area contributed by atoms with E-state index in [-0.39, 0.29) is 0 Å². The van der Waals surface area contributed by atoms with Crippen molar-refractivity contribution in [3.63, 3.8) is 0 Å². The molecule has 2 aromatic rings. The third kappa shape index (κ3) is 3.71. The lowest BCUT2D eigenvalue weighted by molar-refractivity contribution is 0.306. The molecule has 104 valence electrons. The fraction of sp³-hybridized carbons (Fsp3) is 0.133. The zero-order valence-corrected chi connectivity index (χ0v) is 13.3. The number of halogens is 1. The number of thiocarbonyl (C=S) groups is 1. The van der Waals surface area contributed by atoms with Crippen molar-refractivity contribution in [1.82, 2.24) is 0 Å². The Hall–Kier alpha value is -1.59. The van der Waals surface area contributed by atoms with Crippen molar-refractivity contribution in [1.29, 1.82) is 0 Å². The second-order valence-electron chi connectivity index (χ2n) is 4.15. The van der Waals surface area contributed by atoms with Crippen LogP contribution in [0.4, 0.5) is 0 Å². The lowest BCUT2D eigenvalue weighted by Crippen LogP contribution is -2.09. The molecule has 0 atom stereocenters. The van der Waals surface area contributed by atoms with Crippen LogP contribution in [0.25, 0.3) is 0 Å². The van der Waals surface area contributed by atoms with Crippen LogP contribution in [0, 0.1) is 0 Å². The molecule has 2 aromatic carbocycles. The van der Waals surface area contributed by atoms with E-state index < -0.39 is 0 Å². The smallest absolute Gasteiger partial charge is 0.133 e. The second-order valence-corrected chi connectivity index (χ2v) is 5.44. The summed E-state index contributed by atoms with van der Waals surface area (Å²) in [5, 5.41) is 0. The van der Waals surface area contributed by atoms with Crippen LogP contribution < -0.4 is 15.2 Å². The molecule has 20 heavy (non-hydrogen) atoms. The fourth-order valence-electron chi connectivity index (χ4n) is 1.71. The van der Waals surface area contributed by atoms with E-state index in [9.17, 15) is 0 Å². The molecule has 0 heterocycles. The van der Waals surface area contributed by atoms with Crippen molar-refractivity contribution >= 4 is 33.1 Å². The summed E-state index contributed by atoms with van der Waals surface area (Å²) < 4.78 is 11.8. The van der Waals surface area contributed by atoms with Gasteiger partial charge in [-0.15, -0.1) is 0 Å². The molecule has 0 aliphatic carbocycles. The highest BCUT2D eigenvalue weighted by atomic mass is 79.9. The van der Waals surface area contributed by atoms with Gasteiger partial charge in [0, 0.05) is 5.56 Å². The molecule has 5 heteroatoms. The average Bonchev–Trinajstić information content (AvgIpc) is 2.45. The normalized spacial score (nSPS) is 10.1. The molecular weight excluding hydrogens is 338 g/mol. The molecule has 0 saturated heterocycles. The molecule has 0 fully saturated rings. The minimum absolute atomic E-state index is 0.364. The van der Waals surface area contributed by atoms with E-state index in [2.05, 4.69) is 15.9 Å². The highest BCUT2D eigenvalue weighted by Gasteiger charge is 2.03. The Morgan fingerprint density at radius 1 is 1.25 bits per heavy atom. The number of hydrogen-bond donors (Lipinski definition) is 1. The standard InChI is InChI=1S/C15H14BrNO2S/c1-18-14-6-5-10(7-13(14)16)9-19-12-4-2-3-11(8-12)15(17)20/h2-8H,9H2,1H3,(H2,17,20). The van der Waals surface area contributed by atoms with Crippen molar-refractivity contribution in [2.24, 2.45) is 5.73 Å². The van der Waals surface area contributed by atoms with Gasteiger partial charge < -0.3 is 15.2 Å². The van der Waals surface area contributed by atoms with Crippen LogP contribution in [0.2, 0.25) is 0 Å². The highest BCUT2D eigenvalue weighted by molar-refractivity contribution is 9.10. The quantitative estimate of drug-likeness (QED) is 0.834. The zero-order valence-electron chi connectivity index (χ0n) is 10.9. The minimum atomic E-state index is 0.364. The van der Waals surface area contributed by atoms with Crippen LogP contribution in [-0.4, -0.2) is 12.1 Å². The molecule has 0 aliphatic rings. The van der Waals surface area contributed by atoms with Crippen LogP contribution in [0.3, 0.4) is 0 Å². The molecule has 0 spiro atoms. The third-order valence-corrected chi connectivity index (χ3v) is 3.60. The predicted octanol–water partition coefficient (Wildman–Crippen LogP) is 3.67. The van der Waals surface area contributed by atoms with Crippen LogP contribution >= 0.6 is 28.1 Å². The van der Waals surface area contributed by atoms with Crippen LogP contribution in [-0.2, 0) is 6.61 Å². The summed E-state index contributed by atoms with van der Waals surface area (Å²) in [7, 11) is 1.64. The molecule has 3 nitrogen and oxygen atoms in total. The lowest BCUT2D eigenvalue weighted by Gasteiger charge is -2.09. The topological polar surface area (TPSA) is 44.5 Å². The minimum Gasteiger partial charge on any atom is -0.496 e. The van der Waals surface area contributed by atoms with Gasteiger partial charge in [-0.25, -0.2) is 0 Å². The average molecular weight is 352 g/mol. The van der Waals surface area contributed by atoms with Gasteiger partial charge in [0.1, 0.15) is 23.1 Å². The largest absolute Gasteiger partial charge is 0.496 e. The summed E-state index contributed by atoms with van der Waals surface area (Å²) in [6, 6.07) is 13.3. The number of rotatable bonds is 5. The molecular formula is C15H14BrNO2S. The maximum absolute atomic E-state index is 5.73. The number of nitrogens with two attached hydrogens (primary N) is 1. The van der Waals surface area contributed by atoms with E-state index in [1.807, 2.05) is 42.5 Å². The summed E-state index contributed by atoms with van der Waals surface area (Å²) in [6.07, 6.45) is 0. The first-order valence-corrected chi connectivity index (χ1v) is 7.15. The van der Waals surface area contributed by atoms with Gasteiger partial charge in [0.05, 0.1) is 11.6 Å². The lowest BCUT2D eigenvalue weighted by atomic mass is 10.2. The Bertz CT molecular complexity index is 631. The number of methoxy groups -OCH3 is 1. The molecule has 2 N–H and O–H groups in total. The molecule has 0 aromatic heterocycles. The van der Waals surface area contributed by atoms with E-state index in [1.165, 1.54) is 0 Å². The summed E-state index contributed by atoms with van der Waals surface area (Å²) in [5.41, 5.74) is 7.44. The maximum atomic E-state index is 5.73. The van der Waals surface area contributed by atoms with E-state index in [0.29, 0.717) is 11.6 Å². The maximum Gasteiger partial charge on any atom is 0.133 e. The van der Waals surface area contributed by atoms with Gasteiger partial charge in [-0.05, 0) is 45.8 Å². The van der Waals surface area contributed by atoms with Gasteiger partial charge in [0.25, 0.3) is 0 Å². The van der Waals surface area contributed by atoms with Crippen LogP contribution in [0.5, 0.6) is 11.5 Å². The monoisotopic (exact) mass is 351 g/mol. The van der Waals surface area contributed by atoms with Crippen LogP contribution in [0.15, 0.2) is 46.9 Å².